The number of carbonyl (C=O) groups is 1. The Labute approximate surface area is 198 Å². The van der Waals surface area contributed by atoms with Gasteiger partial charge in [0, 0.05) is 32.1 Å². The molecule has 1 saturated heterocycles. The lowest BCUT2D eigenvalue weighted by molar-refractivity contribution is -0.262. The van der Waals surface area contributed by atoms with Crippen molar-refractivity contribution in [2.75, 3.05) is 13.6 Å². The molecule has 2 aliphatic heterocycles. The molecule has 0 bridgehead atoms. The summed E-state index contributed by atoms with van der Waals surface area (Å²) in [6.45, 7) is 4.04. The number of amides is 1. The zero-order valence-electron chi connectivity index (χ0n) is 19.5. The van der Waals surface area contributed by atoms with E-state index in [0.29, 0.717) is 12.1 Å². The van der Waals surface area contributed by atoms with Gasteiger partial charge in [-0.15, -0.1) is 0 Å². The SMILES string of the molecule is CC(c1ccc(C2=CN(C)C(O)C=C2)cc1)N1CC2C(C)(O)CC2(c2ccc(F)cc2)OC1=O. The van der Waals surface area contributed by atoms with Gasteiger partial charge in [0.1, 0.15) is 17.6 Å². The van der Waals surface area contributed by atoms with Crippen molar-refractivity contribution in [1.82, 2.24) is 9.80 Å². The highest BCUT2D eigenvalue weighted by Crippen LogP contribution is 2.58. The summed E-state index contributed by atoms with van der Waals surface area (Å²) in [7, 11) is 1.81. The van der Waals surface area contributed by atoms with Crippen LogP contribution in [0.4, 0.5) is 9.18 Å². The van der Waals surface area contributed by atoms with E-state index in [4.69, 9.17) is 4.74 Å². The number of ether oxygens (including phenoxy) is 1. The van der Waals surface area contributed by atoms with E-state index in [1.54, 1.807) is 34.9 Å². The molecule has 3 aliphatic rings. The van der Waals surface area contributed by atoms with Gasteiger partial charge in [-0.2, -0.15) is 0 Å². The van der Waals surface area contributed by atoms with Crippen molar-refractivity contribution in [1.29, 1.82) is 0 Å². The van der Waals surface area contributed by atoms with Crippen LogP contribution in [0, 0.1) is 11.7 Å². The molecule has 0 spiro atoms. The van der Waals surface area contributed by atoms with Gasteiger partial charge in [0.15, 0.2) is 0 Å². The molecule has 5 unspecified atom stereocenters. The van der Waals surface area contributed by atoms with Crippen molar-refractivity contribution in [3.05, 3.63) is 89.4 Å². The minimum Gasteiger partial charge on any atom is -0.437 e. The first-order valence-corrected chi connectivity index (χ1v) is 11.5. The number of halogens is 1. The Bertz CT molecular complexity index is 1160. The molecule has 1 aliphatic carbocycles. The Kier molecular flexibility index (Phi) is 5.30. The molecule has 6 nitrogen and oxygen atoms in total. The van der Waals surface area contributed by atoms with E-state index in [-0.39, 0.29) is 24.2 Å². The number of carbonyl (C=O) groups excluding carboxylic acids is 1. The minimum atomic E-state index is -0.993. The van der Waals surface area contributed by atoms with E-state index < -0.39 is 23.5 Å². The number of benzene rings is 2. The van der Waals surface area contributed by atoms with Crippen LogP contribution in [-0.4, -0.2) is 51.5 Å². The van der Waals surface area contributed by atoms with Gasteiger partial charge in [0.25, 0.3) is 0 Å². The highest BCUT2D eigenvalue weighted by atomic mass is 19.1. The largest absolute Gasteiger partial charge is 0.437 e. The predicted molar refractivity (Wildman–Crippen MR) is 126 cm³/mol. The number of aliphatic hydroxyl groups excluding tert-OH is 1. The van der Waals surface area contributed by atoms with Gasteiger partial charge >= 0.3 is 6.09 Å². The Morgan fingerprint density at radius 3 is 2.44 bits per heavy atom. The summed E-state index contributed by atoms with van der Waals surface area (Å²) in [5.41, 5.74) is 1.71. The first-order chi connectivity index (χ1) is 16.1. The molecule has 1 amide bonds. The molecule has 0 radical (unpaired) electrons. The van der Waals surface area contributed by atoms with Crippen LogP contribution in [-0.2, 0) is 10.3 Å². The minimum absolute atomic E-state index is 0.260. The average Bonchev–Trinajstić information content (AvgIpc) is 2.80. The van der Waals surface area contributed by atoms with Gasteiger partial charge in [-0.05, 0) is 54.3 Å². The molecule has 5 atom stereocenters. The van der Waals surface area contributed by atoms with Crippen molar-refractivity contribution in [2.24, 2.45) is 5.92 Å². The topological polar surface area (TPSA) is 73.2 Å². The van der Waals surface area contributed by atoms with Crippen LogP contribution in [0.5, 0.6) is 0 Å². The smallest absolute Gasteiger partial charge is 0.411 e. The summed E-state index contributed by atoms with van der Waals surface area (Å²) in [5.74, 6) is -0.685. The Hall–Kier alpha value is -3.16. The van der Waals surface area contributed by atoms with Crippen LogP contribution in [0.3, 0.4) is 0 Å². The van der Waals surface area contributed by atoms with Crippen LogP contribution in [0.15, 0.2) is 66.9 Å². The van der Waals surface area contributed by atoms with E-state index in [0.717, 1.165) is 16.7 Å². The van der Waals surface area contributed by atoms with Crippen molar-refractivity contribution in [2.45, 2.75) is 43.7 Å². The van der Waals surface area contributed by atoms with Gasteiger partial charge in [-0.3, -0.25) is 0 Å². The van der Waals surface area contributed by atoms with Crippen molar-refractivity contribution in [3.8, 4) is 0 Å². The molecule has 1 saturated carbocycles. The summed E-state index contributed by atoms with van der Waals surface area (Å²) in [4.78, 5) is 16.5. The van der Waals surface area contributed by atoms with Crippen molar-refractivity contribution in [3.63, 3.8) is 0 Å². The number of aliphatic hydroxyl groups is 2. The second-order valence-electron chi connectivity index (χ2n) is 9.82. The number of fused-ring (bicyclic) bond motifs is 1. The van der Waals surface area contributed by atoms with Gasteiger partial charge in [0.05, 0.1) is 11.6 Å². The summed E-state index contributed by atoms with van der Waals surface area (Å²) < 4.78 is 19.5. The molecular weight excluding hydrogens is 435 g/mol. The zero-order chi connectivity index (χ0) is 24.3. The Balaban J connectivity index is 1.37. The average molecular weight is 465 g/mol. The maximum absolute atomic E-state index is 13.5. The fourth-order valence-corrected chi connectivity index (χ4v) is 5.47. The third-order valence-electron chi connectivity index (χ3n) is 7.55. The van der Waals surface area contributed by atoms with E-state index in [9.17, 15) is 19.4 Å². The first-order valence-electron chi connectivity index (χ1n) is 11.5. The van der Waals surface area contributed by atoms with Crippen LogP contribution in [0.1, 0.15) is 43.0 Å². The normalized spacial score (nSPS) is 31.4. The van der Waals surface area contributed by atoms with E-state index in [1.807, 2.05) is 50.5 Å². The van der Waals surface area contributed by atoms with Gasteiger partial charge in [-0.1, -0.05) is 42.5 Å². The Morgan fingerprint density at radius 2 is 1.82 bits per heavy atom. The number of hydrogen-bond donors (Lipinski definition) is 2. The molecule has 2 fully saturated rings. The molecule has 5 rings (SSSR count). The third-order valence-corrected chi connectivity index (χ3v) is 7.55. The summed E-state index contributed by atoms with van der Waals surface area (Å²) >= 11 is 0. The molecule has 2 heterocycles. The second kappa shape index (κ2) is 7.96. The maximum Gasteiger partial charge on any atom is 0.411 e. The van der Waals surface area contributed by atoms with Crippen LogP contribution < -0.4 is 0 Å². The lowest BCUT2D eigenvalue weighted by Gasteiger charge is -2.62. The molecular formula is C27H29FN2O4. The lowest BCUT2D eigenvalue weighted by atomic mass is 9.55. The maximum atomic E-state index is 13.5. The van der Waals surface area contributed by atoms with Gasteiger partial charge < -0.3 is 24.7 Å². The fraction of sp³-hybridized carbons (Fsp3) is 0.370. The van der Waals surface area contributed by atoms with Gasteiger partial charge in [0.2, 0.25) is 0 Å². The molecule has 2 aromatic carbocycles. The molecule has 178 valence electrons. The standard InChI is InChI=1S/C27H29FN2O4/c1-17(18-4-6-19(7-5-18)20-8-13-24(31)29(3)14-20)30-15-23-26(2,33)16-27(23,34-25(30)32)21-9-11-22(28)12-10-21/h4-14,17,23-24,31,33H,15-16H2,1-3H3. The van der Waals surface area contributed by atoms with E-state index in [2.05, 4.69) is 0 Å². The number of allylic oxidation sites excluding steroid dienone is 2. The van der Waals surface area contributed by atoms with Crippen molar-refractivity contribution < 1.29 is 24.1 Å². The molecule has 34 heavy (non-hydrogen) atoms. The van der Waals surface area contributed by atoms with Crippen LogP contribution in [0.25, 0.3) is 5.57 Å². The van der Waals surface area contributed by atoms with Crippen molar-refractivity contribution >= 4 is 11.7 Å². The lowest BCUT2D eigenvalue weighted by Crippen LogP contribution is -2.71. The molecule has 2 aromatic rings. The Morgan fingerprint density at radius 1 is 1.15 bits per heavy atom. The summed E-state index contributed by atoms with van der Waals surface area (Å²) in [6, 6.07) is 13.7. The monoisotopic (exact) mass is 464 g/mol. The van der Waals surface area contributed by atoms with Gasteiger partial charge in [-0.25, -0.2) is 9.18 Å². The number of nitrogens with zero attached hydrogens (tertiary/aromatic N) is 2. The van der Waals surface area contributed by atoms with E-state index >= 15 is 0 Å². The summed E-state index contributed by atoms with van der Waals surface area (Å²) in [6.07, 6.45) is 4.72. The summed E-state index contributed by atoms with van der Waals surface area (Å²) in [5, 5.41) is 20.8. The van der Waals surface area contributed by atoms with E-state index in [1.165, 1.54) is 12.1 Å². The van der Waals surface area contributed by atoms with Crippen LogP contribution >= 0.6 is 0 Å². The second-order valence-corrected chi connectivity index (χ2v) is 9.82. The third kappa shape index (κ3) is 3.60. The molecule has 2 N–H and O–H groups in total. The highest BCUT2D eigenvalue weighted by Gasteiger charge is 2.67. The first kappa shape index (κ1) is 22.6. The fourth-order valence-electron chi connectivity index (χ4n) is 5.47. The number of hydrogen-bond acceptors (Lipinski definition) is 5. The number of likely N-dealkylation sites (N-methyl/N-ethyl adjacent to an activating group) is 1. The zero-order valence-corrected chi connectivity index (χ0v) is 19.5. The quantitative estimate of drug-likeness (QED) is 0.711. The van der Waals surface area contributed by atoms with Crippen LogP contribution in [0.2, 0.25) is 0 Å². The number of rotatable bonds is 4. The molecule has 7 heteroatoms. The molecule has 0 aromatic heterocycles. The predicted octanol–water partition coefficient (Wildman–Crippen LogP) is 4.17. The highest BCUT2D eigenvalue weighted by molar-refractivity contribution is 5.75.